The van der Waals surface area contributed by atoms with Crippen LogP contribution in [0.25, 0.3) is 0 Å². The molecule has 0 aliphatic heterocycles. The van der Waals surface area contributed by atoms with Crippen LogP contribution in [0.15, 0.2) is 12.1 Å². The first-order valence-electron chi connectivity index (χ1n) is 7.25. The highest BCUT2D eigenvalue weighted by molar-refractivity contribution is 5.21. The number of aryl methyl sites for hydroxylation is 2. The summed E-state index contributed by atoms with van der Waals surface area (Å²) < 4.78 is 0. The molecule has 2 nitrogen and oxygen atoms in total. The van der Waals surface area contributed by atoms with Crippen LogP contribution in [0.4, 0.5) is 0 Å². The Kier molecular flexibility index (Phi) is 3.14. The van der Waals surface area contributed by atoms with Crippen molar-refractivity contribution in [1.82, 2.24) is 4.98 Å². The number of rotatable bonds is 3. The average Bonchev–Trinajstić information content (AvgIpc) is 2.89. The third-order valence-electron chi connectivity index (χ3n) is 4.87. The maximum absolute atomic E-state index is 10.4. The zero-order valence-electron chi connectivity index (χ0n) is 11.4. The molecule has 2 saturated carbocycles. The molecule has 0 radical (unpaired) electrons. The number of pyridine rings is 1. The van der Waals surface area contributed by atoms with Crippen molar-refractivity contribution in [2.45, 2.75) is 52.1 Å². The van der Waals surface area contributed by atoms with E-state index in [1.807, 2.05) is 13.0 Å². The number of nitrogens with zero attached hydrogens (tertiary/aromatic N) is 1. The fourth-order valence-corrected chi connectivity index (χ4v) is 4.12. The smallest absolute Gasteiger partial charge is 0.0962 e. The molecule has 0 aromatic carbocycles. The Labute approximate surface area is 109 Å². The summed E-state index contributed by atoms with van der Waals surface area (Å²) in [5.74, 6) is 2.58. The van der Waals surface area contributed by atoms with Gasteiger partial charge in [-0.25, -0.2) is 0 Å². The minimum Gasteiger partial charge on any atom is -0.387 e. The number of fused-ring (bicyclic) bond motifs is 2. The molecule has 0 amide bonds. The van der Waals surface area contributed by atoms with Crippen molar-refractivity contribution in [3.8, 4) is 0 Å². The average molecular weight is 245 g/mol. The predicted molar refractivity (Wildman–Crippen MR) is 72.2 cm³/mol. The molecule has 1 N–H and O–H groups in total. The van der Waals surface area contributed by atoms with Gasteiger partial charge < -0.3 is 5.11 Å². The molecule has 2 aliphatic carbocycles. The topological polar surface area (TPSA) is 33.1 Å². The summed E-state index contributed by atoms with van der Waals surface area (Å²) in [6, 6.07) is 4.10. The van der Waals surface area contributed by atoms with Gasteiger partial charge in [-0.1, -0.05) is 6.42 Å². The first-order valence-corrected chi connectivity index (χ1v) is 7.25. The number of aromatic nitrogens is 1. The second-order valence-corrected chi connectivity index (χ2v) is 6.40. The van der Waals surface area contributed by atoms with Gasteiger partial charge in [0.05, 0.1) is 11.8 Å². The van der Waals surface area contributed by atoms with Crippen LogP contribution in [0.5, 0.6) is 0 Å². The molecule has 0 saturated heterocycles. The van der Waals surface area contributed by atoms with E-state index in [0.717, 1.165) is 35.6 Å². The van der Waals surface area contributed by atoms with E-state index in [1.54, 1.807) is 0 Å². The van der Waals surface area contributed by atoms with Crippen LogP contribution in [-0.2, 0) is 0 Å². The van der Waals surface area contributed by atoms with Gasteiger partial charge in [-0.2, -0.15) is 0 Å². The van der Waals surface area contributed by atoms with Crippen molar-refractivity contribution in [1.29, 1.82) is 0 Å². The molecular weight excluding hydrogens is 222 g/mol. The molecule has 98 valence electrons. The second-order valence-electron chi connectivity index (χ2n) is 6.40. The third-order valence-corrected chi connectivity index (χ3v) is 4.87. The van der Waals surface area contributed by atoms with Gasteiger partial charge in [0.1, 0.15) is 0 Å². The highest BCUT2D eigenvalue weighted by Crippen LogP contribution is 2.50. The number of aliphatic hydroxyl groups is 1. The molecular formula is C16H23NO. The molecule has 1 aromatic heterocycles. The summed E-state index contributed by atoms with van der Waals surface area (Å²) in [6.45, 7) is 4.07. The van der Waals surface area contributed by atoms with E-state index in [9.17, 15) is 5.11 Å². The molecule has 1 heterocycles. The molecule has 2 bridgehead atoms. The van der Waals surface area contributed by atoms with Crippen molar-refractivity contribution >= 4 is 0 Å². The molecule has 2 aliphatic rings. The lowest BCUT2D eigenvalue weighted by molar-refractivity contribution is 0.121. The van der Waals surface area contributed by atoms with Gasteiger partial charge in [-0.3, -0.25) is 4.98 Å². The summed E-state index contributed by atoms with van der Waals surface area (Å²) in [7, 11) is 0. The van der Waals surface area contributed by atoms with Gasteiger partial charge in [0, 0.05) is 5.69 Å². The molecule has 2 heteroatoms. The fourth-order valence-electron chi connectivity index (χ4n) is 4.12. The number of hydrogen-bond acceptors (Lipinski definition) is 2. The van der Waals surface area contributed by atoms with Gasteiger partial charge in [0.25, 0.3) is 0 Å². The van der Waals surface area contributed by atoms with Crippen LogP contribution in [0.2, 0.25) is 0 Å². The van der Waals surface area contributed by atoms with Gasteiger partial charge in [0.2, 0.25) is 0 Å². The third kappa shape index (κ3) is 2.31. The van der Waals surface area contributed by atoms with Crippen LogP contribution in [-0.4, -0.2) is 10.1 Å². The lowest BCUT2D eigenvalue weighted by atomic mass is 9.84. The van der Waals surface area contributed by atoms with E-state index in [4.69, 9.17) is 0 Å². The quantitative estimate of drug-likeness (QED) is 0.883. The van der Waals surface area contributed by atoms with Gasteiger partial charge >= 0.3 is 0 Å². The van der Waals surface area contributed by atoms with E-state index in [-0.39, 0.29) is 6.10 Å². The Morgan fingerprint density at radius 1 is 1.28 bits per heavy atom. The Balaban J connectivity index is 1.69. The number of aliphatic hydroxyl groups excluding tert-OH is 1. The van der Waals surface area contributed by atoms with E-state index in [2.05, 4.69) is 18.0 Å². The minimum absolute atomic E-state index is 0.368. The predicted octanol–water partition coefficient (Wildman–Crippen LogP) is 3.56. The Hall–Kier alpha value is -0.890. The highest BCUT2D eigenvalue weighted by atomic mass is 16.3. The number of hydrogen-bond donors (Lipinski definition) is 1. The summed E-state index contributed by atoms with van der Waals surface area (Å²) in [5, 5.41) is 10.4. The summed E-state index contributed by atoms with van der Waals surface area (Å²) >= 11 is 0. The normalized spacial score (nSPS) is 31.8. The molecule has 4 unspecified atom stereocenters. The SMILES string of the molecule is Cc1cc(C)nc(C(O)CC2CC3CCC2C3)c1. The second kappa shape index (κ2) is 4.65. The fraction of sp³-hybridized carbons (Fsp3) is 0.688. The molecule has 3 rings (SSSR count). The maximum atomic E-state index is 10.4. The first kappa shape index (κ1) is 12.2. The lowest BCUT2D eigenvalue weighted by Crippen LogP contribution is -2.15. The van der Waals surface area contributed by atoms with Crippen molar-refractivity contribution in [3.63, 3.8) is 0 Å². The van der Waals surface area contributed by atoms with Crippen LogP contribution >= 0.6 is 0 Å². The molecule has 18 heavy (non-hydrogen) atoms. The Morgan fingerprint density at radius 2 is 2.11 bits per heavy atom. The van der Waals surface area contributed by atoms with Crippen LogP contribution in [0, 0.1) is 31.6 Å². The van der Waals surface area contributed by atoms with E-state index >= 15 is 0 Å². The molecule has 0 spiro atoms. The van der Waals surface area contributed by atoms with E-state index < -0.39 is 0 Å². The van der Waals surface area contributed by atoms with E-state index in [0.29, 0.717) is 0 Å². The van der Waals surface area contributed by atoms with Gasteiger partial charge in [-0.15, -0.1) is 0 Å². The van der Waals surface area contributed by atoms with E-state index in [1.165, 1.54) is 31.2 Å². The summed E-state index contributed by atoms with van der Waals surface area (Å²) in [4.78, 5) is 4.49. The Bertz CT molecular complexity index is 422. The van der Waals surface area contributed by atoms with Crippen LogP contribution in [0.3, 0.4) is 0 Å². The van der Waals surface area contributed by atoms with Crippen molar-refractivity contribution in [3.05, 3.63) is 29.1 Å². The van der Waals surface area contributed by atoms with Crippen molar-refractivity contribution in [2.75, 3.05) is 0 Å². The van der Waals surface area contributed by atoms with Gasteiger partial charge in [-0.05, 0) is 75.0 Å². The largest absolute Gasteiger partial charge is 0.387 e. The summed E-state index contributed by atoms with van der Waals surface area (Å²) in [6.07, 6.45) is 6.12. The van der Waals surface area contributed by atoms with Crippen molar-refractivity contribution < 1.29 is 5.11 Å². The standard InChI is InChI=1S/C16H23NO/c1-10-5-11(2)17-15(6-10)16(18)9-14-8-12-3-4-13(14)7-12/h5-6,12-14,16,18H,3-4,7-9H2,1-2H3. The maximum Gasteiger partial charge on any atom is 0.0962 e. The minimum atomic E-state index is -0.368. The van der Waals surface area contributed by atoms with Crippen molar-refractivity contribution in [2.24, 2.45) is 17.8 Å². The molecule has 4 atom stereocenters. The first-order chi connectivity index (χ1) is 8.61. The zero-order valence-corrected chi connectivity index (χ0v) is 11.4. The van der Waals surface area contributed by atoms with Crippen LogP contribution < -0.4 is 0 Å². The lowest BCUT2D eigenvalue weighted by Gasteiger charge is -2.24. The van der Waals surface area contributed by atoms with Gasteiger partial charge in [0.15, 0.2) is 0 Å². The van der Waals surface area contributed by atoms with Crippen LogP contribution in [0.1, 0.15) is 55.2 Å². The zero-order chi connectivity index (χ0) is 12.7. The Morgan fingerprint density at radius 3 is 2.72 bits per heavy atom. The molecule has 2 fully saturated rings. The highest BCUT2D eigenvalue weighted by Gasteiger charge is 2.40. The summed E-state index contributed by atoms with van der Waals surface area (Å²) in [5.41, 5.74) is 3.08. The molecule has 1 aromatic rings. The monoisotopic (exact) mass is 245 g/mol.